The molecule has 0 radical (unpaired) electrons. The highest BCUT2D eigenvalue weighted by molar-refractivity contribution is 5.95. The Kier molecular flexibility index (Phi) is 7.62. The molecule has 0 bridgehead atoms. The summed E-state index contributed by atoms with van der Waals surface area (Å²) in [5.74, 6) is 0.451. The van der Waals surface area contributed by atoms with Gasteiger partial charge in [-0.1, -0.05) is 48.5 Å². The number of aryl methyl sites for hydroxylation is 2. The molecule has 0 aliphatic rings. The molecule has 1 heterocycles. The fourth-order valence-electron chi connectivity index (χ4n) is 3.44. The first kappa shape index (κ1) is 22.3. The fraction of sp³-hybridized carbons (Fsp3) is 0.280. The molecule has 1 aromatic heterocycles. The van der Waals surface area contributed by atoms with Gasteiger partial charge >= 0.3 is 0 Å². The van der Waals surface area contributed by atoms with Crippen molar-refractivity contribution in [1.82, 2.24) is 9.80 Å². The lowest BCUT2D eigenvalue weighted by molar-refractivity contribution is -0.134. The van der Waals surface area contributed by atoms with Crippen LogP contribution in [0.1, 0.15) is 22.5 Å². The Bertz CT molecular complexity index is 980. The van der Waals surface area contributed by atoms with Crippen molar-refractivity contribution in [3.63, 3.8) is 0 Å². The third-order valence-corrected chi connectivity index (χ3v) is 5.12. The number of hydrogen-bond acceptors (Lipinski definition) is 4. The van der Waals surface area contributed by atoms with E-state index in [4.69, 9.17) is 4.42 Å². The van der Waals surface area contributed by atoms with Gasteiger partial charge in [-0.25, -0.2) is 0 Å². The van der Waals surface area contributed by atoms with Crippen molar-refractivity contribution in [2.24, 2.45) is 0 Å². The number of carbonyl (C=O) groups is 2. The van der Waals surface area contributed by atoms with E-state index in [1.165, 1.54) is 4.90 Å². The molecule has 0 aliphatic carbocycles. The average molecular weight is 420 g/mol. The van der Waals surface area contributed by atoms with E-state index in [1.54, 1.807) is 13.3 Å². The first-order chi connectivity index (χ1) is 14.9. The molecule has 0 spiro atoms. The molecule has 2 aromatic carbocycles. The Hall–Kier alpha value is -3.38. The molecular formula is C25H29N3O3. The van der Waals surface area contributed by atoms with Crippen molar-refractivity contribution in [2.45, 2.75) is 26.9 Å². The van der Waals surface area contributed by atoms with E-state index in [1.807, 2.05) is 79.4 Å². The summed E-state index contributed by atoms with van der Waals surface area (Å²) in [7, 11) is 1.65. The van der Waals surface area contributed by atoms with Crippen LogP contribution in [0.5, 0.6) is 0 Å². The third kappa shape index (κ3) is 6.55. The molecule has 0 saturated carbocycles. The van der Waals surface area contributed by atoms with Crippen LogP contribution in [-0.4, -0.2) is 41.8 Å². The van der Waals surface area contributed by atoms with E-state index < -0.39 is 0 Å². The van der Waals surface area contributed by atoms with Gasteiger partial charge in [0.05, 0.1) is 25.9 Å². The molecule has 31 heavy (non-hydrogen) atoms. The van der Waals surface area contributed by atoms with Gasteiger partial charge in [-0.05, 0) is 42.7 Å². The van der Waals surface area contributed by atoms with Gasteiger partial charge in [0, 0.05) is 19.3 Å². The number of para-hydroxylation sites is 1. The quantitative estimate of drug-likeness (QED) is 0.569. The van der Waals surface area contributed by atoms with Crippen LogP contribution in [0.15, 0.2) is 71.3 Å². The highest BCUT2D eigenvalue weighted by Crippen LogP contribution is 2.19. The van der Waals surface area contributed by atoms with Crippen molar-refractivity contribution >= 4 is 17.5 Å². The van der Waals surface area contributed by atoms with Crippen LogP contribution in [0.4, 0.5) is 5.69 Å². The van der Waals surface area contributed by atoms with Gasteiger partial charge in [0.15, 0.2) is 0 Å². The number of benzene rings is 2. The number of hydrogen-bond donors (Lipinski definition) is 1. The molecule has 6 heteroatoms. The number of nitrogens with one attached hydrogen (secondary N) is 1. The predicted molar refractivity (Wildman–Crippen MR) is 121 cm³/mol. The third-order valence-electron chi connectivity index (χ3n) is 5.12. The molecule has 6 nitrogen and oxygen atoms in total. The van der Waals surface area contributed by atoms with Gasteiger partial charge in [0.2, 0.25) is 11.8 Å². The molecule has 3 rings (SSSR count). The summed E-state index contributed by atoms with van der Waals surface area (Å²) in [6.07, 6.45) is 1.63. The molecule has 0 fully saturated rings. The standard InChI is InChI=1S/C25H29N3O3/c1-19-9-7-10-20(2)25(19)26-23(29)17-27(3)24(30)18-28(16-22-13-8-14-31-22)15-21-11-5-4-6-12-21/h4-14H,15-18H2,1-3H3,(H,26,29). The monoisotopic (exact) mass is 419 g/mol. The van der Waals surface area contributed by atoms with E-state index >= 15 is 0 Å². The van der Waals surface area contributed by atoms with E-state index in [-0.39, 0.29) is 24.9 Å². The second-order valence-corrected chi connectivity index (χ2v) is 7.77. The van der Waals surface area contributed by atoms with Crippen LogP contribution in [0, 0.1) is 13.8 Å². The molecule has 3 aromatic rings. The van der Waals surface area contributed by atoms with E-state index in [9.17, 15) is 9.59 Å². The zero-order valence-corrected chi connectivity index (χ0v) is 18.3. The van der Waals surface area contributed by atoms with E-state index in [0.29, 0.717) is 13.1 Å². The van der Waals surface area contributed by atoms with Crippen LogP contribution < -0.4 is 5.32 Å². The summed E-state index contributed by atoms with van der Waals surface area (Å²) in [5, 5.41) is 2.93. The zero-order chi connectivity index (χ0) is 22.2. The minimum Gasteiger partial charge on any atom is -0.468 e. The van der Waals surface area contributed by atoms with Gasteiger partial charge in [-0.15, -0.1) is 0 Å². The number of likely N-dealkylation sites (N-methyl/N-ethyl adjacent to an activating group) is 1. The van der Waals surface area contributed by atoms with Crippen LogP contribution in [0.2, 0.25) is 0 Å². The van der Waals surface area contributed by atoms with Gasteiger partial charge in [-0.3, -0.25) is 14.5 Å². The van der Waals surface area contributed by atoms with Gasteiger partial charge < -0.3 is 14.6 Å². The summed E-state index contributed by atoms with van der Waals surface area (Å²) < 4.78 is 5.47. The molecule has 0 atom stereocenters. The summed E-state index contributed by atoms with van der Waals surface area (Å²) in [5.41, 5.74) is 3.90. The SMILES string of the molecule is Cc1cccc(C)c1NC(=O)CN(C)C(=O)CN(Cc1ccccc1)Cc1ccco1. The molecule has 1 N–H and O–H groups in total. The number of amides is 2. The topological polar surface area (TPSA) is 65.8 Å². The van der Waals surface area contributed by atoms with Crippen LogP contribution >= 0.6 is 0 Å². The zero-order valence-electron chi connectivity index (χ0n) is 18.3. The Morgan fingerprint density at radius 1 is 0.871 bits per heavy atom. The van der Waals surface area contributed by atoms with Gasteiger partial charge in [-0.2, -0.15) is 0 Å². The van der Waals surface area contributed by atoms with Gasteiger partial charge in [0.25, 0.3) is 0 Å². The van der Waals surface area contributed by atoms with E-state index in [2.05, 4.69) is 5.32 Å². The average Bonchev–Trinajstić information content (AvgIpc) is 3.24. The normalized spacial score (nSPS) is 10.8. The second-order valence-electron chi connectivity index (χ2n) is 7.77. The Morgan fingerprint density at radius 3 is 2.23 bits per heavy atom. The number of furan rings is 1. The molecule has 0 saturated heterocycles. The summed E-state index contributed by atoms with van der Waals surface area (Å²) >= 11 is 0. The largest absolute Gasteiger partial charge is 0.468 e. The molecule has 0 unspecified atom stereocenters. The van der Waals surface area contributed by atoms with Crippen molar-refractivity contribution in [1.29, 1.82) is 0 Å². The predicted octanol–water partition coefficient (Wildman–Crippen LogP) is 4.00. The fourth-order valence-corrected chi connectivity index (χ4v) is 3.44. The Labute approximate surface area is 183 Å². The Balaban J connectivity index is 1.61. The van der Waals surface area contributed by atoms with Crippen molar-refractivity contribution < 1.29 is 14.0 Å². The minimum atomic E-state index is -0.214. The van der Waals surface area contributed by atoms with Crippen LogP contribution in [0.3, 0.4) is 0 Å². The second kappa shape index (κ2) is 10.6. The number of anilines is 1. The maximum absolute atomic E-state index is 12.9. The lowest BCUT2D eigenvalue weighted by atomic mass is 10.1. The minimum absolute atomic E-state index is 0.00740. The van der Waals surface area contributed by atoms with Crippen molar-refractivity contribution in [3.8, 4) is 0 Å². The maximum atomic E-state index is 12.9. The van der Waals surface area contributed by atoms with Crippen LogP contribution in [-0.2, 0) is 22.7 Å². The molecular weight excluding hydrogens is 390 g/mol. The molecule has 2 amide bonds. The highest BCUT2D eigenvalue weighted by atomic mass is 16.3. The summed E-state index contributed by atoms with van der Waals surface area (Å²) in [6, 6.07) is 19.6. The number of nitrogens with zero attached hydrogens (tertiary/aromatic N) is 2. The van der Waals surface area contributed by atoms with Crippen molar-refractivity contribution in [2.75, 3.05) is 25.5 Å². The summed E-state index contributed by atoms with van der Waals surface area (Å²) in [6.45, 7) is 5.20. The van der Waals surface area contributed by atoms with E-state index in [0.717, 1.165) is 28.1 Å². The van der Waals surface area contributed by atoms with Gasteiger partial charge in [0.1, 0.15) is 5.76 Å². The Morgan fingerprint density at radius 2 is 1.58 bits per heavy atom. The van der Waals surface area contributed by atoms with Crippen molar-refractivity contribution in [3.05, 3.63) is 89.4 Å². The number of rotatable bonds is 9. The van der Waals surface area contributed by atoms with Crippen LogP contribution in [0.25, 0.3) is 0 Å². The molecule has 162 valence electrons. The number of carbonyl (C=O) groups excluding carboxylic acids is 2. The highest BCUT2D eigenvalue weighted by Gasteiger charge is 2.19. The lowest BCUT2D eigenvalue weighted by Gasteiger charge is -2.24. The lowest BCUT2D eigenvalue weighted by Crippen LogP contribution is -2.41. The first-order valence-electron chi connectivity index (χ1n) is 10.3. The molecule has 0 aliphatic heterocycles. The smallest absolute Gasteiger partial charge is 0.243 e. The first-order valence-corrected chi connectivity index (χ1v) is 10.3. The summed E-state index contributed by atoms with van der Waals surface area (Å²) in [4.78, 5) is 28.9. The maximum Gasteiger partial charge on any atom is 0.243 e.